The first kappa shape index (κ1) is 14.9. The first-order valence-electron chi connectivity index (χ1n) is 5.58. The van der Waals surface area contributed by atoms with Crippen molar-refractivity contribution < 1.29 is 18.0 Å². The molecule has 0 aliphatic carbocycles. The highest BCUT2D eigenvalue weighted by atomic mass is 32.1. The van der Waals surface area contributed by atoms with E-state index in [0.717, 1.165) is 6.07 Å². The second kappa shape index (κ2) is 5.88. The van der Waals surface area contributed by atoms with E-state index in [1.165, 1.54) is 29.5 Å². The third-order valence-corrected chi connectivity index (χ3v) is 3.93. The number of hydrogen-bond donors (Lipinski definition) is 2. The average molecular weight is 317 g/mol. The smallest absolute Gasteiger partial charge is 0.347 e. The molecule has 1 N–H and O–H groups in total. The molecular formula is C13H10F3NOS2. The molecule has 2 aromatic rings. The fourth-order valence-electron chi connectivity index (χ4n) is 1.66. The maximum absolute atomic E-state index is 12.8. The molecule has 2 rings (SSSR count). The molecule has 0 fully saturated rings. The van der Waals surface area contributed by atoms with E-state index in [2.05, 4.69) is 17.9 Å². The van der Waals surface area contributed by atoms with Crippen LogP contribution in [0.4, 0.5) is 13.2 Å². The summed E-state index contributed by atoms with van der Waals surface area (Å²) in [5.41, 5.74) is -0.697. The van der Waals surface area contributed by atoms with Gasteiger partial charge in [-0.15, -0.1) is 24.0 Å². The molecule has 20 heavy (non-hydrogen) atoms. The van der Waals surface area contributed by atoms with Crippen LogP contribution in [0.5, 0.6) is 0 Å². The van der Waals surface area contributed by atoms with Crippen molar-refractivity contribution in [2.75, 3.05) is 0 Å². The molecule has 1 aromatic carbocycles. The van der Waals surface area contributed by atoms with E-state index < -0.39 is 17.6 Å². The SMILES string of the molecule is O=C(NCc1ccccc1C(F)(F)F)c1cc(S)cs1. The predicted octanol–water partition coefficient (Wildman–Crippen LogP) is 3.99. The molecule has 0 bridgehead atoms. The molecule has 0 unspecified atom stereocenters. The normalized spacial score (nSPS) is 11.4. The van der Waals surface area contributed by atoms with Crippen molar-refractivity contribution in [1.29, 1.82) is 0 Å². The van der Waals surface area contributed by atoms with Crippen LogP contribution in [0.3, 0.4) is 0 Å². The summed E-state index contributed by atoms with van der Waals surface area (Å²) in [5.74, 6) is -0.410. The predicted molar refractivity (Wildman–Crippen MR) is 74.2 cm³/mol. The minimum absolute atomic E-state index is 0.0380. The van der Waals surface area contributed by atoms with Crippen LogP contribution in [0.15, 0.2) is 40.6 Å². The van der Waals surface area contributed by atoms with Gasteiger partial charge in [0.25, 0.3) is 5.91 Å². The van der Waals surface area contributed by atoms with Crippen LogP contribution in [0.25, 0.3) is 0 Å². The third kappa shape index (κ3) is 3.55. The average Bonchev–Trinajstić information content (AvgIpc) is 2.82. The maximum atomic E-state index is 12.8. The van der Waals surface area contributed by atoms with Gasteiger partial charge in [0.15, 0.2) is 0 Å². The van der Waals surface area contributed by atoms with Gasteiger partial charge in [0.1, 0.15) is 0 Å². The van der Waals surface area contributed by atoms with E-state index in [-0.39, 0.29) is 12.1 Å². The Balaban J connectivity index is 2.10. The number of carbonyl (C=O) groups excluding carboxylic acids is 1. The molecule has 0 saturated heterocycles. The highest BCUT2D eigenvalue weighted by Crippen LogP contribution is 2.31. The lowest BCUT2D eigenvalue weighted by molar-refractivity contribution is -0.138. The number of thiol groups is 1. The van der Waals surface area contributed by atoms with Crippen molar-refractivity contribution in [3.63, 3.8) is 0 Å². The summed E-state index contributed by atoms with van der Waals surface area (Å²) in [4.78, 5) is 12.8. The van der Waals surface area contributed by atoms with Gasteiger partial charge < -0.3 is 5.32 Å². The lowest BCUT2D eigenvalue weighted by Crippen LogP contribution is -2.23. The Labute approximate surface area is 123 Å². The number of nitrogens with one attached hydrogen (secondary N) is 1. The molecule has 1 heterocycles. The van der Waals surface area contributed by atoms with Gasteiger partial charge >= 0.3 is 6.18 Å². The van der Waals surface area contributed by atoms with Crippen molar-refractivity contribution >= 4 is 29.9 Å². The molecule has 1 amide bonds. The number of amides is 1. The van der Waals surface area contributed by atoms with Crippen LogP contribution in [-0.4, -0.2) is 5.91 Å². The summed E-state index contributed by atoms with van der Waals surface area (Å²) >= 11 is 5.27. The molecule has 0 aliphatic heterocycles. The Kier molecular flexibility index (Phi) is 4.39. The summed E-state index contributed by atoms with van der Waals surface area (Å²) in [5, 5.41) is 4.16. The lowest BCUT2D eigenvalue weighted by Gasteiger charge is -2.12. The van der Waals surface area contributed by atoms with Gasteiger partial charge in [-0.1, -0.05) is 18.2 Å². The van der Waals surface area contributed by atoms with E-state index in [1.54, 1.807) is 11.4 Å². The zero-order valence-corrected chi connectivity index (χ0v) is 11.8. The second-order valence-corrected chi connectivity index (χ2v) is 5.43. The van der Waals surface area contributed by atoms with Crippen LogP contribution in [0.1, 0.15) is 20.8 Å². The summed E-state index contributed by atoms with van der Waals surface area (Å²) in [6.45, 7) is -0.172. The van der Waals surface area contributed by atoms with Gasteiger partial charge in [0.2, 0.25) is 0 Å². The molecular weight excluding hydrogens is 307 g/mol. The standard InChI is InChI=1S/C13H10F3NOS2/c14-13(15,16)10-4-2-1-3-8(10)6-17-12(18)11-5-9(19)7-20-11/h1-5,7,19H,6H2,(H,17,18). The first-order chi connectivity index (χ1) is 9.38. The van der Waals surface area contributed by atoms with Crippen LogP contribution in [0, 0.1) is 0 Å². The van der Waals surface area contributed by atoms with Crippen molar-refractivity contribution in [3.05, 3.63) is 51.7 Å². The Morgan fingerprint density at radius 2 is 2.00 bits per heavy atom. The highest BCUT2D eigenvalue weighted by molar-refractivity contribution is 7.80. The van der Waals surface area contributed by atoms with Crippen LogP contribution < -0.4 is 5.32 Å². The van der Waals surface area contributed by atoms with Crippen molar-refractivity contribution in [3.8, 4) is 0 Å². The third-order valence-electron chi connectivity index (χ3n) is 2.57. The molecule has 0 aliphatic rings. The van der Waals surface area contributed by atoms with Gasteiger partial charge in [-0.3, -0.25) is 4.79 Å². The number of hydrogen-bond acceptors (Lipinski definition) is 3. The van der Waals surface area contributed by atoms with Crippen molar-refractivity contribution in [2.24, 2.45) is 0 Å². The van der Waals surface area contributed by atoms with Gasteiger partial charge in [-0.25, -0.2) is 0 Å². The van der Waals surface area contributed by atoms with Gasteiger partial charge in [0.05, 0.1) is 10.4 Å². The molecule has 2 nitrogen and oxygen atoms in total. The monoisotopic (exact) mass is 317 g/mol. The van der Waals surface area contributed by atoms with Crippen LogP contribution in [0.2, 0.25) is 0 Å². The minimum atomic E-state index is -4.43. The van der Waals surface area contributed by atoms with Crippen molar-refractivity contribution in [2.45, 2.75) is 17.6 Å². The summed E-state index contributed by atoms with van der Waals surface area (Å²) < 4.78 is 38.3. The molecule has 0 saturated carbocycles. The Morgan fingerprint density at radius 1 is 1.30 bits per heavy atom. The fraction of sp³-hybridized carbons (Fsp3) is 0.154. The summed E-state index contributed by atoms with van der Waals surface area (Å²) in [7, 11) is 0. The molecule has 0 spiro atoms. The minimum Gasteiger partial charge on any atom is -0.347 e. The Morgan fingerprint density at radius 3 is 2.60 bits per heavy atom. The molecule has 1 aromatic heterocycles. The van der Waals surface area contributed by atoms with Crippen LogP contribution >= 0.6 is 24.0 Å². The number of thiophene rings is 1. The summed E-state index contributed by atoms with van der Waals surface area (Å²) in [6, 6.07) is 6.74. The maximum Gasteiger partial charge on any atom is 0.416 e. The Bertz CT molecular complexity index is 622. The molecule has 106 valence electrons. The zero-order chi connectivity index (χ0) is 14.8. The largest absolute Gasteiger partial charge is 0.416 e. The number of alkyl halides is 3. The van der Waals surface area contributed by atoms with E-state index in [9.17, 15) is 18.0 Å². The van der Waals surface area contributed by atoms with E-state index >= 15 is 0 Å². The highest BCUT2D eigenvalue weighted by Gasteiger charge is 2.32. The van der Waals surface area contributed by atoms with E-state index in [1.807, 2.05) is 0 Å². The van der Waals surface area contributed by atoms with Crippen LogP contribution in [-0.2, 0) is 12.7 Å². The van der Waals surface area contributed by atoms with Gasteiger partial charge in [-0.2, -0.15) is 13.2 Å². The Hall–Kier alpha value is -1.47. The quantitative estimate of drug-likeness (QED) is 0.824. The molecule has 0 radical (unpaired) electrons. The van der Waals surface area contributed by atoms with Gasteiger partial charge in [0, 0.05) is 16.8 Å². The summed E-state index contributed by atoms with van der Waals surface area (Å²) in [6.07, 6.45) is -4.43. The lowest BCUT2D eigenvalue weighted by atomic mass is 10.1. The van der Waals surface area contributed by atoms with E-state index in [0.29, 0.717) is 9.77 Å². The van der Waals surface area contributed by atoms with E-state index in [4.69, 9.17) is 0 Å². The molecule has 7 heteroatoms. The topological polar surface area (TPSA) is 29.1 Å². The zero-order valence-electron chi connectivity index (χ0n) is 10.1. The number of carbonyl (C=O) groups is 1. The fourth-order valence-corrected chi connectivity index (χ4v) is 2.72. The second-order valence-electron chi connectivity index (χ2n) is 4.01. The van der Waals surface area contributed by atoms with Crippen molar-refractivity contribution in [1.82, 2.24) is 5.32 Å². The number of halogens is 3. The first-order valence-corrected chi connectivity index (χ1v) is 6.91. The van der Waals surface area contributed by atoms with Gasteiger partial charge in [-0.05, 0) is 17.7 Å². The molecule has 0 atom stereocenters. The number of rotatable bonds is 3. The number of benzene rings is 1.